The van der Waals surface area contributed by atoms with Crippen LogP contribution in [0, 0.1) is 20.2 Å². The summed E-state index contributed by atoms with van der Waals surface area (Å²) in [5.74, 6) is -2.95. The SMILES string of the molecule is O=C(c1ccc([N+](=O)[O-])cc1)N(Cc1ccc([N+](=O)[O-])cc1)N1C(=O)c2c(Cl)c(Cl)c(Cl)c(Cl)c2C1=O. The lowest BCUT2D eigenvalue weighted by Crippen LogP contribution is -2.49. The van der Waals surface area contributed by atoms with Gasteiger partial charge < -0.3 is 0 Å². The molecule has 0 spiro atoms. The molecule has 0 radical (unpaired) electrons. The second-order valence-corrected chi connectivity index (χ2v) is 9.03. The number of rotatable bonds is 6. The molecule has 0 bridgehead atoms. The zero-order chi connectivity index (χ0) is 27.2. The highest BCUT2D eigenvalue weighted by atomic mass is 35.5. The van der Waals surface area contributed by atoms with E-state index >= 15 is 0 Å². The first-order valence-corrected chi connectivity index (χ1v) is 11.5. The van der Waals surface area contributed by atoms with Gasteiger partial charge in [-0.05, 0) is 17.7 Å². The topological polar surface area (TPSA) is 144 Å². The summed E-state index contributed by atoms with van der Waals surface area (Å²) < 4.78 is 0. The second kappa shape index (κ2) is 9.94. The Hall–Kier alpha value is -3.77. The number of fused-ring (bicyclic) bond motifs is 1. The number of hydrogen-bond donors (Lipinski definition) is 0. The molecule has 1 aliphatic heterocycles. The van der Waals surface area contributed by atoms with E-state index in [4.69, 9.17) is 46.4 Å². The van der Waals surface area contributed by atoms with Gasteiger partial charge >= 0.3 is 0 Å². The Kier molecular flexibility index (Phi) is 7.07. The fraction of sp³-hybridized carbons (Fsp3) is 0.0455. The van der Waals surface area contributed by atoms with Crippen LogP contribution in [0.5, 0.6) is 0 Å². The average molecular weight is 584 g/mol. The monoisotopic (exact) mass is 582 g/mol. The van der Waals surface area contributed by atoms with Crippen molar-refractivity contribution in [1.82, 2.24) is 10.0 Å². The summed E-state index contributed by atoms with van der Waals surface area (Å²) in [7, 11) is 0. The van der Waals surface area contributed by atoms with Crippen LogP contribution in [-0.4, -0.2) is 37.6 Å². The number of carbonyl (C=O) groups excluding carboxylic acids is 3. The predicted octanol–water partition coefficient (Wildman–Crippen LogP) is 5.97. The van der Waals surface area contributed by atoms with Crippen LogP contribution in [-0.2, 0) is 6.54 Å². The fourth-order valence-corrected chi connectivity index (χ4v) is 4.58. The van der Waals surface area contributed by atoms with Gasteiger partial charge in [0.15, 0.2) is 0 Å². The summed E-state index contributed by atoms with van der Waals surface area (Å²) in [6.45, 7) is -0.407. The van der Waals surface area contributed by atoms with E-state index in [1.165, 1.54) is 24.3 Å². The van der Waals surface area contributed by atoms with Crippen molar-refractivity contribution in [2.75, 3.05) is 0 Å². The molecular formula is C22H10Cl4N4O7. The molecule has 3 aromatic carbocycles. The van der Waals surface area contributed by atoms with Gasteiger partial charge in [-0.3, -0.25) is 34.6 Å². The zero-order valence-electron chi connectivity index (χ0n) is 18.0. The van der Waals surface area contributed by atoms with E-state index in [-0.39, 0.29) is 48.2 Å². The van der Waals surface area contributed by atoms with E-state index in [0.29, 0.717) is 10.6 Å². The Morgan fingerprint density at radius 3 is 1.54 bits per heavy atom. The standard InChI is InChI=1S/C22H10Cl4N4O7/c23-16-14-15(17(24)19(26)18(16)25)22(33)28(21(14)32)27(9-10-1-5-12(6-2-10)29(34)35)20(31)11-3-7-13(8-4-11)30(36)37/h1-8H,9H2. The number of hydrazine groups is 1. The molecule has 1 aliphatic rings. The van der Waals surface area contributed by atoms with E-state index in [1.807, 2.05) is 0 Å². The van der Waals surface area contributed by atoms with Gasteiger partial charge in [0.25, 0.3) is 29.1 Å². The van der Waals surface area contributed by atoms with E-state index in [9.17, 15) is 34.6 Å². The number of benzene rings is 3. The molecule has 0 fully saturated rings. The normalized spacial score (nSPS) is 12.5. The predicted molar refractivity (Wildman–Crippen MR) is 133 cm³/mol. The van der Waals surface area contributed by atoms with E-state index in [2.05, 4.69) is 0 Å². The van der Waals surface area contributed by atoms with Crippen molar-refractivity contribution in [3.05, 3.63) is 111 Å². The maximum Gasteiger partial charge on any atom is 0.282 e. The Bertz CT molecular complexity index is 1460. The largest absolute Gasteiger partial charge is 0.282 e. The molecular weight excluding hydrogens is 574 g/mol. The number of carbonyl (C=O) groups is 3. The minimum atomic E-state index is -1.03. The number of amides is 3. The number of non-ortho nitro benzene ring substituents is 2. The van der Waals surface area contributed by atoms with E-state index in [1.54, 1.807) is 0 Å². The molecule has 15 heteroatoms. The number of hydrogen-bond acceptors (Lipinski definition) is 7. The van der Waals surface area contributed by atoms with Crippen molar-refractivity contribution < 1.29 is 24.2 Å². The third-order valence-corrected chi connectivity index (χ3v) is 7.16. The van der Waals surface area contributed by atoms with Crippen molar-refractivity contribution in [2.45, 2.75) is 6.54 Å². The van der Waals surface area contributed by atoms with Crippen LogP contribution in [0.15, 0.2) is 48.5 Å². The minimum absolute atomic E-state index is 0.0997. The van der Waals surface area contributed by atoms with Gasteiger partial charge in [0.1, 0.15) is 0 Å². The molecule has 11 nitrogen and oxygen atoms in total. The number of nitro groups is 2. The number of nitrogens with zero attached hydrogens (tertiary/aromatic N) is 4. The first-order chi connectivity index (χ1) is 17.4. The summed E-state index contributed by atoms with van der Waals surface area (Å²) in [4.78, 5) is 61.0. The molecule has 0 atom stereocenters. The summed E-state index contributed by atoms with van der Waals surface area (Å²) >= 11 is 24.5. The average Bonchev–Trinajstić information content (AvgIpc) is 3.14. The van der Waals surface area contributed by atoms with Gasteiger partial charge in [-0.15, -0.1) is 0 Å². The molecule has 188 valence electrons. The number of imide groups is 1. The van der Waals surface area contributed by atoms with Crippen molar-refractivity contribution in [1.29, 1.82) is 0 Å². The quantitative estimate of drug-likeness (QED) is 0.114. The van der Waals surface area contributed by atoms with Crippen LogP contribution < -0.4 is 0 Å². The molecule has 0 saturated carbocycles. The molecule has 4 rings (SSSR count). The van der Waals surface area contributed by atoms with Crippen LogP contribution >= 0.6 is 46.4 Å². The lowest BCUT2D eigenvalue weighted by atomic mass is 10.1. The molecule has 0 unspecified atom stereocenters. The zero-order valence-corrected chi connectivity index (χ0v) is 21.0. The third-order valence-electron chi connectivity index (χ3n) is 5.36. The molecule has 0 aromatic heterocycles. The van der Waals surface area contributed by atoms with E-state index in [0.717, 1.165) is 29.3 Å². The number of nitro benzene ring substituents is 2. The molecule has 0 aliphatic carbocycles. The molecule has 3 amide bonds. The first kappa shape index (κ1) is 26.3. The summed E-state index contributed by atoms with van der Waals surface area (Å²) in [6, 6.07) is 9.48. The molecule has 3 aromatic rings. The van der Waals surface area contributed by atoms with Gasteiger partial charge in [0.05, 0.1) is 47.6 Å². The highest BCUT2D eigenvalue weighted by Gasteiger charge is 2.46. The van der Waals surface area contributed by atoms with Crippen molar-refractivity contribution in [3.8, 4) is 0 Å². The smallest absolute Gasteiger partial charge is 0.267 e. The van der Waals surface area contributed by atoms with Gasteiger partial charge in [-0.2, -0.15) is 5.01 Å². The van der Waals surface area contributed by atoms with E-state index < -0.39 is 34.1 Å². The lowest BCUT2D eigenvalue weighted by molar-refractivity contribution is -0.385. The van der Waals surface area contributed by atoms with Crippen LogP contribution in [0.4, 0.5) is 11.4 Å². The summed E-state index contributed by atoms with van der Waals surface area (Å²) in [6.07, 6.45) is 0. The third kappa shape index (κ3) is 4.58. The van der Waals surface area contributed by atoms with Crippen LogP contribution in [0.2, 0.25) is 20.1 Å². The van der Waals surface area contributed by atoms with Crippen LogP contribution in [0.25, 0.3) is 0 Å². The Morgan fingerprint density at radius 2 is 1.14 bits per heavy atom. The molecule has 1 heterocycles. The summed E-state index contributed by atoms with van der Waals surface area (Å²) in [5.41, 5.74) is -1.03. The summed E-state index contributed by atoms with van der Waals surface area (Å²) in [5, 5.41) is 22.0. The van der Waals surface area contributed by atoms with Gasteiger partial charge in [-0.1, -0.05) is 58.5 Å². The molecule has 0 saturated heterocycles. The van der Waals surface area contributed by atoms with Crippen molar-refractivity contribution in [3.63, 3.8) is 0 Å². The van der Waals surface area contributed by atoms with Crippen molar-refractivity contribution >= 4 is 75.5 Å². The maximum atomic E-state index is 13.5. The van der Waals surface area contributed by atoms with Gasteiger partial charge in [0.2, 0.25) is 0 Å². The Morgan fingerprint density at radius 1 is 0.730 bits per heavy atom. The van der Waals surface area contributed by atoms with Gasteiger partial charge in [-0.25, -0.2) is 5.01 Å². The lowest BCUT2D eigenvalue weighted by Gasteiger charge is -2.30. The molecule has 37 heavy (non-hydrogen) atoms. The fourth-order valence-electron chi connectivity index (χ4n) is 3.56. The highest BCUT2D eigenvalue weighted by Crippen LogP contribution is 2.45. The van der Waals surface area contributed by atoms with Crippen LogP contribution in [0.1, 0.15) is 36.6 Å². The Labute approximate surface area is 226 Å². The van der Waals surface area contributed by atoms with Gasteiger partial charge in [0, 0.05) is 29.8 Å². The van der Waals surface area contributed by atoms with Crippen molar-refractivity contribution in [2.24, 2.45) is 0 Å². The second-order valence-electron chi connectivity index (χ2n) is 7.52. The minimum Gasteiger partial charge on any atom is -0.267 e. The first-order valence-electron chi connectivity index (χ1n) is 9.98. The van der Waals surface area contributed by atoms with Crippen LogP contribution in [0.3, 0.4) is 0 Å². The number of halogens is 4. The molecule has 0 N–H and O–H groups in total. The Balaban J connectivity index is 1.81. The highest BCUT2D eigenvalue weighted by molar-refractivity contribution is 6.55. The maximum absolute atomic E-state index is 13.5.